The number of para-hydroxylation sites is 1. The van der Waals surface area contributed by atoms with Crippen molar-refractivity contribution in [3.8, 4) is 0 Å². The molecular weight excluding hydrogens is 368 g/mol. The first-order valence-corrected chi connectivity index (χ1v) is 11.0. The largest absolute Gasteiger partial charge is 0.373 e. The third-order valence-electron chi connectivity index (χ3n) is 4.77. The van der Waals surface area contributed by atoms with Gasteiger partial charge in [0.05, 0.1) is 18.0 Å². The summed E-state index contributed by atoms with van der Waals surface area (Å²) in [5.74, 6) is 1.35. The maximum Gasteiger partial charge on any atom is 0.234 e. The molecule has 0 saturated carbocycles. The molecule has 1 saturated heterocycles. The minimum Gasteiger partial charge on any atom is -0.373 e. The molecule has 1 fully saturated rings. The molecule has 0 aliphatic carbocycles. The van der Waals surface area contributed by atoms with Crippen LogP contribution in [0.15, 0.2) is 48.5 Å². The Bertz CT molecular complexity index is 786. The number of aryl methyl sites for hydroxylation is 1. The second-order valence-corrected chi connectivity index (χ2v) is 8.62. The van der Waals surface area contributed by atoms with Crippen molar-refractivity contribution in [2.75, 3.05) is 24.2 Å². The lowest BCUT2D eigenvalue weighted by Crippen LogP contribution is -2.44. The summed E-state index contributed by atoms with van der Waals surface area (Å²) in [6, 6.07) is 16.5. The number of benzene rings is 2. The zero-order valence-electron chi connectivity index (χ0n) is 17.0. The number of thioether (sulfide) groups is 1. The molecule has 3 rings (SSSR count). The van der Waals surface area contributed by atoms with E-state index in [-0.39, 0.29) is 18.1 Å². The smallest absolute Gasteiger partial charge is 0.234 e. The van der Waals surface area contributed by atoms with Crippen molar-refractivity contribution in [1.82, 2.24) is 4.90 Å². The molecule has 0 spiro atoms. The van der Waals surface area contributed by atoms with Gasteiger partial charge >= 0.3 is 0 Å². The number of carbonyl (C=O) groups is 1. The summed E-state index contributed by atoms with van der Waals surface area (Å²) in [5.41, 5.74) is 4.58. The van der Waals surface area contributed by atoms with Crippen molar-refractivity contribution in [2.24, 2.45) is 0 Å². The van der Waals surface area contributed by atoms with Crippen LogP contribution < -0.4 is 5.32 Å². The van der Waals surface area contributed by atoms with Crippen LogP contribution in [0.5, 0.6) is 0 Å². The molecule has 150 valence electrons. The lowest BCUT2D eigenvalue weighted by atomic mass is 10.1. The standard InChI is InChI=1S/C23H30N2O2S/c1-17-7-6-8-20(11-17)15-28-16-23(26)24-22-10-5-4-9-21(22)14-25-12-18(2)27-19(3)13-25/h4-11,18-19H,12-16H2,1-3H3,(H,24,26). The number of anilines is 1. The predicted octanol–water partition coefficient (Wildman–Crippen LogP) is 4.48. The fourth-order valence-electron chi connectivity index (χ4n) is 3.68. The predicted molar refractivity (Wildman–Crippen MR) is 118 cm³/mol. The van der Waals surface area contributed by atoms with Gasteiger partial charge in [0.15, 0.2) is 0 Å². The summed E-state index contributed by atoms with van der Waals surface area (Å²) >= 11 is 1.65. The van der Waals surface area contributed by atoms with Gasteiger partial charge in [-0.2, -0.15) is 0 Å². The van der Waals surface area contributed by atoms with Gasteiger partial charge in [-0.05, 0) is 38.0 Å². The molecule has 1 aliphatic rings. The van der Waals surface area contributed by atoms with E-state index in [2.05, 4.69) is 61.3 Å². The van der Waals surface area contributed by atoms with E-state index < -0.39 is 0 Å². The van der Waals surface area contributed by atoms with Crippen LogP contribution in [-0.4, -0.2) is 41.9 Å². The van der Waals surface area contributed by atoms with E-state index in [9.17, 15) is 4.79 Å². The quantitative estimate of drug-likeness (QED) is 0.747. The monoisotopic (exact) mass is 398 g/mol. The minimum atomic E-state index is 0.0498. The Labute approximate surface area is 172 Å². The third-order valence-corrected chi connectivity index (χ3v) is 5.77. The van der Waals surface area contributed by atoms with Gasteiger partial charge in [-0.25, -0.2) is 0 Å². The number of hydrogen-bond acceptors (Lipinski definition) is 4. The second-order valence-electron chi connectivity index (χ2n) is 7.64. The molecule has 0 radical (unpaired) electrons. The Morgan fingerprint density at radius 2 is 1.89 bits per heavy atom. The van der Waals surface area contributed by atoms with Gasteiger partial charge in [0, 0.05) is 31.1 Å². The van der Waals surface area contributed by atoms with Crippen LogP contribution in [0.3, 0.4) is 0 Å². The molecular formula is C23H30N2O2S. The summed E-state index contributed by atoms with van der Waals surface area (Å²) in [5, 5.41) is 3.10. The van der Waals surface area contributed by atoms with Gasteiger partial charge in [-0.1, -0.05) is 48.0 Å². The van der Waals surface area contributed by atoms with Gasteiger partial charge in [-0.3, -0.25) is 9.69 Å². The van der Waals surface area contributed by atoms with Crippen LogP contribution >= 0.6 is 11.8 Å². The van der Waals surface area contributed by atoms with Gasteiger partial charge in [0.1, 0.15) is 0 Å². The number of carbonyl (C=O) groups excluding carboxylic acids is 1. The van der Waals surface area contributed by atoms with Crippen molar-refractivity contribution in [3.05, 3.63) is 65.2 Å². The van der Waals surface area contributed by atoms with Crippen molar-refractivity contribution < 1.29 is 9.53 Å². The number of hydrogen-bond donors (Lipinski definition) is 1. The molecule has 1 N–H and O–H groups in total. The SMILES string of the molecule is Cc1cccc(CSCC(=O)Nc2ccccc2CN2CC(C)OC(C)C2)c1. The van der Waals surface area contributed by atoms with Crippen LogP contribution in [0.1, 0.15) is 30.5 Å². The molecule has 5 heteroatoms. The molecule has 2 atom stereocenters. The molecule has 1 aliphatic heterocycles. The van der Waals surface area contributed by atoms with Gasteiger partial charge in [-0.15, -0.1) is 11.8 Å². The first kappa shape index (κ1) is 20.9. The Balaban J connectivity index is 1.53. The number of morpholine rings is 1. The number of amides is 1. The van der Waals surface area contributed by atoms with Crippen molar-refractivity contribution in [1.29, 1.82) is 0 Å². The van der Waals surface area contributed by atoms with E-state index in [1.807, 2.05) is 18.2 Å². The molecule has 4 nitrogen and oxygen atoms in total. The normalized spacial score (nSPS) is 20.1. The van der Waals surface area contributed by atoms with Gasteiger partial charge < -0.3 is 10.1 Å². The third kappa shape index (κ3) is 6.36. The van der Waals surface area contributed by atoms with Crippen LogP contribution in [0.25, 0.3) is 0 Å². The average Bonchev–Trinajstić information content (AvgIpc) is 2.62. The van der Waals surface area contributed by atoms with E-state index >= 15 is 0 Å². The van der Waals surface area contributed by atoms with Gasteiger partial charge in [0.25, 0.3) is 0 Å². The summed E-state index contributed by atoms with van der Waals surface area (Å²) in [6.07, 6.45) is 0.479. The number of rotatable bonds is 7. The molecule has 0 aromatic heterocycles. The zero-order valence-corrected chi connectivity index (χ0v) is 17.8. The van der Waals surface area contributed by atoms with Gasteiger partial charge in [0.2, 0.25) is 5.91 Å². The fraction of sp³-hybridized carbons (Fsp3) is 0.435. The molecule has 2 unspecified atom stereocenters. The highest BCUT2D eigenvalue weighted by molar-refractivity contribution is 7.99. The highest BCUT2D eigenvalue weighted by Crippen LogP contribution is 2.21. The molecule has 0 bridgehead atoms. The maximum absolute atomic E-state index is 12.5. The Morgan fingerprint density at radius 3 is 2.64 bits per heavy atom. The average molecular weight is 399 g/mol. The van der Waals surface area contributed by atoms with E-state index in [4.69, 9.17) is 4.74 Å². The topological polar surface area (TPSA) is 41.6 Å². The van der Waals surface area contributed by atoms with Crippen molar-refractivity contribution >= 4 is 23.4 Å². The first-order chi connectivity index (χ1) is 13.5. The first-order valence-electron chi connectivity index (χ1n) is 9.88. The lowest BCUT2D eigenvalue weighted by Gasteiger charge is -2.35. The molecule has 2 aromatic carbocycles. The highest BCUT2D eigenvalue weighted by atomic mass is 32.2. The number of ether oxygens (including phenoxy) is 1. The Hall–Kier alpha value is -1.82. The van der Waals surface area contributed by atoms with E-state index in [1.165, 1.54) is 11.1 Å². The Morgan fingerprint density at radius 1 is 1.14 bits per heavy atom. The van der Waals surface area contributed by atoms with E-state index in [0.29, 0.717) is 5.75 Å². The van der Waals surface area contributed by atoms with E-state index in [0.717, 1.165) is 36.6 Å². The molecule has 2 aromatic rings. The van der Waals surface area contributed by atoms with Crippen molar-refractivity contribution in [2.45, 2.75) is 45.3 Å². The van der Waals surface area contributed by atoms with Crippen LogP contribution in [0.4, 0.5) is 5.69 Å². The summed E-state index contributed by atoms with van der Waals surface area (Å²) in [7, 11) is 0. The molecule has 28 heavy (non-hydrogen) atoms. The summed E-state index contributed by atoms with van der Waals surface area (Å²) in [4.78, 5) is 14.9. The number of nitrogens with zero attached hydrogens (tertiary/aromatic N) is 1. The number of nitrogens with one attached hydrogen (secondary N) is 1. The molecule has 1 heterocycles. The lowest BCUT2D eigenvalue weighted by molar-refractivity contribution is -0.113. The van der Waals surface area contributed by atoms with Crippen LogP contribution in [-0.2, 0) is 21.8 Å². The van der Waals surface area contributed by atoms with Crippen LogP contribution in [0, 0.1) is 6.92 Å². The fourth-order valence-corrected chi connectivity index (χ4v) is 4.46. The second kappa shape index (κ2) is 10.1. The van der Waals surface area contributed by atoms with Crippen molar-refractivity contribution in [3.63, 3.8) is 0 Å². The zero-order chi connectivity index (χ0) is 19.9. The summed E-state index contributed by atoms with van der Waals surface area (Å²) < 4.78 is 5.82. The minimum absolute atomic E-state index is 0.0498. The maximum atomic E-state index is 12.5. The Kier molecular flexibility index (Phi) is 7.54. The highest BCUT2D eigenvalue weighted by Gasteiger charge is 2.22. The summed E-state index contributed by atoms with van der Waals surface area (Å²) in [6.45, 7) is 8.97. The molecule has 1 amide bonds. The van der Waals surface area contributed by atoms with Crippen LogP contribution in [0.2, 0.25) is 0 Å². The van der Waals surface area contributed by atoms with E-state index in [1.54, 1.807) is 11.8 Å².